The second-order valence-electron chi connectivity index (χ2n) is 5.10. The summed E-state index contributed by atoms with van der Waals surface area (Å²) in [6.07, 6.45) is 0.903. The van der Waals surface area contributed by atoms with Gasteiger partial charge in [-0.25, -0.2) is 12.7 Å². The number of amides is 1. The van der Waals surface area contributed by atoms with Gasteiger partial charge in [-0.05, 0) is 47.1 Å². The van der Waals surface area contributed by atoms with Gasteiger partial charge in [0.25, 0.3) is 5.91 Å². The van der Waals surface area contributed by atoms with E-state index in [0.717, 1.165) is 23.8 Å². The van der Waals surface area contributed by atoms with Crippen molar-refractivity contribution in [2.24, 2.45) is 0 Å². The van der Waals surface area contributed by atoms with E-state index in [4.69, 9.17) is 0 Å². The summed E-state index contributed by atoms with van der Waals surface area (Å²) in [5, 5.41) is 6.09. The molecule has 1 heterocycles. The van der Waals surface area contributed by atoms with Crippen LogP contribution in [0.4, 0.5) is 0 Å². The molecule has 2 rings (SSSR count). The van der Waals surface area contributed by atoms with Crippen LogP contribution in [0.15, 0.2) is 27.6 Å². The predicted molar refractivity (Wildman–Crippen MR) is 91.0 cm³/mol. The van der Waals surface area contributed by atoms with Gasteiger partial charge in [0.1, 0.15) is 0 Å². The molecule has 0 saturated carbocycles. The van der Waals surface area contributed by atoms with Crippen LogP contribution in [0.5, 0.6) is 0 Å². The Labute approximate surface area is 145 Å². The molecule has 1 unspecified atom stereocenters. The number of halogens is 2. The van der Waals surface area contributed by atoms with Gasteiger partial charge >= 0.3 is 0 Å². The van der Waals surface area contributed by atoms with Crippen LogP contribution in [0.1, 0.15) is 16.8 Å². The van der Waals surface area contributed by atoms with Gasteiger partial charge in [0.2, 0.25) is 10.0 Å². The summed E-state index contributed by atoms with van der Waals surface area (Å²) in [5.74, 6) is -0.196. The Hall–Kier alpha value is -0.670. The first-order valence-corrected chi connectivity index (χ1v) is 8.79. The van der Waals surface area contributed by atoms with Crippen LogP contribution >= 0.6 is 28.3 Å². The zero-order chi connectivity index (χ0) is 15.6. The average molecular weight is 413 g/mol. The van der Waals surface area contributed by atoms with Gasteiger partial charge in [0.05, 0.1) is 4.90 Å². The average Bonchev–Trinajstić information content (AvgIpc) is 2.90. The molecule has 1 atom stereocenters. The van der Waals surface area contributed by atoms with Crippen molar-refractivity contribution in [3.05, 3.63) is 28.2 Å². The molecule has 0 aromatic heterocycles. The normalized spacial score (nSPS) is 18.1. The first-order valence-electron chi connectivity index (χ1n) is 6.56. The standard InChI is InChI=1S/C13H18BrN3O3S.ClH/c1-17(2)21(19,20)12-4-3-9(7-11(12)14)13(18)16-10-5-6-15-8-10;/h3-4,7,10,15H,5-6,8H2,1-2H3,(H,16,18);1H. The van der Waals surface area contributed by atoms with Crippen LogP contribution in [-0.4, -0.2) is 51.9 Å². The van der Waals surface area contributed by atoms with Crippen molar-refractivity contribution in [3.63, 3.8) is 0 Å². The van der Waals surface area contributed by atoms with Crippen LogP contribution in [0.25, 0.3) is 0 Å². The maximum atomic E-state index is 12.1. The third-order valence-electron chi connectivity index (χ3n) is 3.35. The highest BCUT2D eigenvalue weighted by atomic mass is 79.9. The predicted octanol–water partition coefficient (Wildman–Crippen LogP) is 1.21. The SMILES string of the molecule is CN(C)S(=O)(=O)c1ccc(C(=O)NC2CCNC2)cc1Br.Cl. The minimum absolute atomic E-state index is 0. The number of hydrogen-bond acceptors (Lipinski definition) is 4. The Bertz CT molecular complexity index is 646. The summed E-state index contributed by atoms with van der Waals surface area (Å²) in [4.78, 5) is 12.3. The number of nitrogens with one attached hydrogen (secondary N) is 2. The second-order valence-corrected chi connectivity index (χ2v) is 8.07. The van der Waals surface area contributed by atoms with Gasteiger partial charge in [0, 0.05) is 36.7 Å². The molecule has 0 spiro atoms. The molecule has 1 aliphatic heterocycles. The lowest BCUT2D eigenvalue weighted by Crippen LogP contribution is -2.36. The van der Waals surface area contributed by atoms with E-state index in [0.29, 0.717) is 10.0 Å². The third-order valence-corrected chi connectivity index (χ3v) is 6.14. The molecule has 1 aliphatic rings. The molecule has 124 valence electrons. The Kier molecular flexibility index (Phi) is 6.82. The molecule has 1 amide bonds. The van der Waals surface area contributed by atoms with Crippen LogP contribution in [0.2, 0.25) is 0 Å². The van der Waals surface area contributed by atoms with E-state index in [-0.39, 0.29) is 29.3 Å². The topological polar surface area (TPSA) is 78.5 Å². The highest BCUT2D eigenvalue weighted by molar-refractivity contribution is 9.10. The van der Waals surface area contributed by atoms with E-state index in [1.165, 1.54) is 32.3 Å². The molecular formula is C13H19BrClN3O3S. The summed E-state index contributed by atoms with van der Waals surface area (Å²) in [7, 11) is -0.592. The molecule has 22 heavy (non-hydrogen) atoms. The fourth-order valence-corrected chi connectivity index (χ4v) is 4.03. The number of hydrogen-bond donors (Lipinski definition) is 2. The van der Waals surface area contributed by atoms with Crippen LogP contribution in [-0.2, 0) is 10.0 Å². The molecule has 1 aromatic carbocycles. The van der Waals surface area contributed by atoms with Gasteiger partial charge in [-0.2, -0.15) is 0 Å². The van der Waals surface area contributed by atoms with E-state index in [1.54, 1.807) is 0 Å². The highest BCUT2D eigenvalue weighted by Crippen LogP contribution is 2.25. The van der Waals surface area contributed by atoms with E-state index < -0.39 is 10.0 Å². The van der Waals surface area contributed by atoms with Crippen molar-refractivity contribution in [3.8, 4) is 0 Å². The van der Waals surface area contributed by atoms with E-state index >= 15 is 0 Å². The van der Waals surface area contributed by atoms with Crippen molar-refractivity contribution < 1.29 is 13.2 Å². The summed E-state index contributed by atoms with van der Waals surface area (Å²) in [6, 6.07) is 4.63. The van der Waals surface area contributed by atoms with Gasteiger partial charge < -0.3 is 10.6 Å². The van der Waals surface area contributed by atoms with Gasteiger partial charge in [-0.15, -0.1) is 12.4 Å². The van der Waals surface area contributed by atoms with Crippen molar-refractivity contribution >= 4 is 44.3 Å². The molecule has 0 bridgehead atoms. The maximum Gasteiger partial charge on any atom is 0.251 e. The summed E-state index contributed by atoms with van der Waals surface area (Å²) in [5.41, 5.74) is 0.437. The quantitative estimate of drug-likeness (QED) is 0.779. The number of carbonyl (C=O) groups is 1. The Morgan fingerprint density at radius 1 is 1.41 bits per heavy atom. The summed E-state index contributed by atoms with van der Waals surface area (Å²) in [6.45, 7) is 1.66. The molecule has 1 saturated heterocycles. The Balaban J connectivity index is 0.00000242. The molecule has 0 radical (unpaired) electrons. The zero-order valence-corrected chi connectivity index (χ0v) is 15.5. The monoisotopic (exact) mass is 411 g/mol. The lowest BCUT2D eigenvalue weighted by molar-refractivity contribution is 0.0940. The van der Waals surface area contributed by atoms with E-state index in [1.807, 2.05) is 0 Å². The fourth-order valence-electron chi connectivity index (χ4n) is 2.09. The number of benzene rings is 1. The van der Waals surface area contributed by atoms with Crippen molar-refractivity contribution in [2.45, 2.75) is 17.4 Å². The largest absolute Gasteiger partial charge is 0.348 e. The molecule has 6 nitrogen and oxygen atoms in total. The van der Waals surface area contributed by atoms with Gasteiger partial charge in [0.15, 0.2) is 0 Å². The van der Waals surface area contributed by atoms with Crippen LogP contribution in [0.3, 0.4) is 0 Å². The maximum absolute atomic E-state index is 12.1. The lowest BCUT2D eigenvalue weighted by atomic mass is 10.2. The summed E-state index contributed by atoms with van der Waals surface area (Å²) >= 11 is 3.23. The van der Waals surface area contributed by atoms with E-state index in [9.17, 15) is 13.2 Å². The molecule has 9 heteroatoms. The fraction of sp³-hybridized carbons (Fsp3) is 0.462. The first-order chi connectivity index (χ1) is 9.82. The Morgan fingerprint density at radius 2 is 2.09 bits per heavy atom. The number of nitrogens with zero attached hydrogens (tertiary/aromatic N) is 1. The molecule has 0 aliphatic carbocycles. The Morgan fingerprint density at radius 3 is 2.59 bits per heavy atom. The number of carbonyl (C=O) groups excluding carboxylic acids is 1. The molecule has 1 aromatic rings. The zero-order valence-electron chi connectivity index (χ0n) is 12.3. The van der Waals surface area contributed by atoms with E-state index in [2.05, 4.69) is 26.6 Å². The molecular weight excluding hydrogens is 394 g/mol. The smallest absolute Gasteiger partial charge is 0.251 e. The molecule has 2 N–H and O–H groups in total. The van der Waals surface area contributed by atoms with Crippen molar-refractivity contribution in [1.29, 1.82) is 0 Å². The van der Waals surface area contributed by atoms with Gasteiger partial charge in [-0.1, -0.05) is 0 Å². The van der Waals surface area contributed by atoms with Crippen molar-refractivity contribution in [2.75, 3.05) is 27.2 Å². The van der Waals surface area contributed by atoms with Crippen molar-refractivity contribution in [1.82, 2.24) is 14.9 Å². The summed E-state index contributed by atoms with van der Waals surface area (Å²) < 4.78 is 25.7. The number of sulfonamides is 1. The minimum atomic E-state index is -3.53. The minimum Gasteiger partial charge on any atom is -0.348 e. The third kappa shape index (κ3) is 4.20. The van der Waals surface area contributed by atoms with Crippen LogP contribution in [0, 0.1) is 0 Å². The number of rotatable bonds is 4. The first kappa shape index (κ1) is 19.4. The van der Waals surface area contributed by atoms with Crippen LogP contribution < -0.4 is 10.6 Å². The molecule has 1 fully saturated rings. The second kappa shape index (κ2) is 7.74. The highest BCUT2D eigenvalue weighted by Gasteiger charge is 2.22. The van der Waals surface area contributed by atoms with Gasteiger partial charge in [-0.3, -0.25) is 4.79 Å². The lowest BCUT2D eigenvalue weighted by Gasteiger charge is -2.15.